The Kier molecular flexibility index (Phi) is 50.1. The number of ether oxygens (including phenoxy) is 24. The Balaban J connectivity index is 1.10. The van der Waals surface area contributed by atoms with Gasteiger partial charge in [0.15, 0.2) is 54.3 Å². The van der Waals surface area contributed by atoms with Gasteiger partial charge in [0.1, 0.15) is 13.6 Å². The van der Waals surface area contributed by atoms with Gasteiger partial charge in [-0.25, -0.2) is 0 Å². The fraction of sp³-hybridized carbons (Fsp3) is 0.782. The van der Waals surface area contributed by atoms with E-state index in [1.54, 1.807) is 14.2 Å². The van der Waals surface area contributed by atoms with Crippen LogP contribution in [0.15, 0.2) is 45.3 Å². The van der Waals surface area contributed by atoms with E-state index in [0.29, 0.717) is 172 Å². The molecule has 0 heterocycles. The first kappa shape index (κ1) is 73.7. The minimum atomic E-state index is -0.225. The number of halogens is 2. The molecule has 0 saturated heterocycles. The van der Waals surface area contributed by atoms with Crippen LogP contribution in [0.25, 0.3) is 11.1 Å². The van der Waals surface area contributed by atoms with Gasteiger partial charge in [-0.3, -0.25) is 0 Å². The smallest absolute Gasteiger partial charge is 0.152 e. The molecular formula is C55H92Br2O24. The molecule has 81 heavy (non-hydrogen) atoms. The zero-order valence-electron chi connectivity index (χ0n) is 47.8. The highest BCUT2D eigenvalue weighted by atomic mass is 79.9. The molecule has 0 atom stereocenters. The summed E-state index contributed by atoms with van der Waals surface area (Å²) in [5, 5.41) is 0. The van der Waals surface area contributed by atoms with E-state index in [1.165, 1.54) is 22.3 Å². The topological polar surface area (TPSA) is 222 Å². The molecule has 26 heteroatoms. The Bertz CT molecular complexity index is 1640. The lowest BCUT2D eigenvalue weighted by molar-refractivity contribution is -0.232. The monoisotopic (exact) mass is 1290 g/mol. The second-order valence-electron chi connectivity index (χ2n) is 17.2. The molecule has 0 unspecified atom stereocenters. The summed E-state index contributed by atoms with van der Waals surface area (Å²) in [5.41, 5.74) is 4.90. The van der Waals surface area contributed by atoms with Crippen molar-refractivity contribution in [1.29, 1.82) is 0 Å². The van der Waals surface area contributed by atoms with Crippen molar-refractivity contribution in [3.8, 4) is 11.1 Å². The maximum Gasteiger partial charge on any atom is 0.152 e. The Hall–Kier alpha value is -1.56. The third kappa shape index (κ3) is 39.0. The normalized spacial score (nSPS) is 12.7. The van der Waals surface area contributed by atoms with E-state index < -0.39 is 0 Å². The van der Waals surface area contributed by atoms with Crippen molar-refractivity contribution in [1.82, 2.24) is 0 Å². The average molecular weight is 1300 g/mol. The second kappa shape index (κ2) is 55.0. The number of rotatable bonds is 64. The van der Waals surface area contributed by atoms with Gasteiger partial charge in [-0.15, -0.1) is 0 Å². The molecule has 24 nitrogen and oxygen atoms in total. The molecule has 2 aromatic rings. The van der Waals surface area contributed by atoms with E-state index >= 15 is 0 Å². The summed E-state index contributed by atoms with van der Waals surface area (Å²) < 4.78 is 131. The van der Waals surface area contributed by atoms with Gasteiger partial charge in [0.05, 0.1) is 159 Å². The molecule has 0 spiro atoms. The van der Waals surface area contributed by atoms with Gasteiger partial charge in [0.2, 0.25) is 0 Å². The summed E-state index contributed by atoms with van der Waals surface area (Å²) in [6.45, 7) is 13.3. The summed E-state index contributed by atoms with van der Waals surface area (Å²) in [7, 11) is 3.24. The summed E-state index contributed by atoms with van der Waals surface area (Å²) in [6, 6.07) is 13.1. The Morgan fingerprint density at radius 2 is 0.469 bits per heavy atom. The number of methoxy groups -OCH3 is 2. The van der Waals surface area contributed by atoms with Gasteiger partial charge >= 0.3 is 0 Å². The van der Waals surface area contributed by atoms with Crippen LogP contribution in [0.2, 0.25) is 0 Å². The molecule has 1 aliphatic carbocycles. The van der Waals surface area contributed by atoms with Crippen LogP contribution < -0.4 is 0 Å². The van der Waals surface area contributed by atoms with Gasteiger partial charge in [-0.1, -0.05) is 44.0 Å². The van der Waals surface area contributed by atoms with Crippen LogP contribution in [0.5, 0.6) is 0 Å². The molecule has 3 rings (SSSR count). The minimum absolute atomic E-state index is 0.00170. The van der Waals surface area contributed by atoms with Crippen LogP contribution in [-0.4, -0.2) is 254 Å². The van der Waals surface area contributed by atoms with Gasteiger partial charge < -0.3 is 114 Å². The largest absolute Gasteiger partial charge is 0.382 e. The molecule has 0 aliphatic heterocycles. The zero-order chi connectivity index (χ0) is 57.5. The predicted molar refractivity (Wildman–Crippen MR) is 300 cm³/mol. The quantitative estimate of drug-likeness (QED) is 0.0526. The van der Waals surface area contributed by atoms with Crippen molar-refractivity contribution in [2.75, 3.05) is 254 Å². The van der Waals surface area contributed by atoms with Crippen LogP contribution >= 0.6 is 31.9 Å². The van der Waals surface area contributed by atoms with Gasteiger partial charge in [0.25, 0.3) is 0 Å². The van der Waals surface area contributed by atoms with Gasteiger partial charge in [-0.2, -0.15) is 0 Å². The lowest BCUT2D eigenvalue weighted by atomic mass is 9.71. The van der Waals surface area contributed by atoms with E-state index in [0.717, 1.165) is 34.6 Å². The highest BCUT2D eigenvalue weighted by molar-refractivity contribution is 9.10. The van der Waals surface area contributed by atoms with Crippen LogP contribution in [0.4, 0.5) is 0 Å². The van der Waals surface area contributed by atoms with Crippen molar-refractivity contribution < 1.29 is 114 Å². The maximum absolute atomic E-state index is 6.05. The molecule has 0 radical (unpaired) electrons. The lowest BCUT2D eigenvalue weighted by Crippen LogP contribution is -2.27. The molecule has 2 aromatic carbocycles. The SMILES string of the molecule is COCCOCCOCCOCCOCCOCCOCCOCCOCCOCCOCCOCCCC1(CCCOCOCOCOCOCOCOCOCOCOCOCCOC)c2cc(Br)ccc2-c2ccc(Br)cc21. The predicted octanol–water partition coefficient (Wildman–Crippen LogP) is 6.27. The van der Waals surface area contributed by atoms with Crippen molar-refractivity contribution in [3.63, 3.8) is 0 Å². The third-order valence-corrected chi connectivity index (χ3v) is 12.3. The highest BCUT2D eigenvalue weighted by Crippen LogP contribution is 2.55. The van der Waals surface area contributed by atoms with E-state index in [2.05, 4.69) is 68.3 Å². The molecule has 0 fully saturated rings. The molecule has 0 N–H and O–H groups in total. The van der Waals surface area contributed by atoms with Gasteiger partial charge in [0, 0.05) is 41.8 Å². The molecule has 0 saturated carbocycles. The maximum atomic E-state index is 6.05. The summed E-state index contributed by atoms with van der Waals surface area (Å²) in [4.78, 5) is 0. The van der Waals surface area contributed by atoms with Crippen LogP contribution in [-0.2, 0) is 119 Å². The fourth-order valence-electron chi connectivity index (χ4n) is 7.65. The van der Waals surface area contributed by atoms with Crippen LogP contribution in [0.3, 0.4) is 0 Å². The molecule has 470 valence electrons. The summed E-state index contributed by atoms with van der Waals surface area (Å²) >= 11 is 7.49. The van der Waals surface area contributed by atoms with Crippen molar-refractivity contribution in [2.45, 2.75) is 31.1 Å². The van der Waals surface area contributed by atoms with Crippen molar-refractivity contribution >= 4 is 31.9 Å². The molecule has 0 amide bonds. The second-order valence-corrected chi connectivity index (χ2v) is 19.1. The van der Waals surface area contributed by atoms with Gasteiger partial charge in [-0.05, 0) is 72.2 Å². The van der Waals surface area contributed by atoms with Crippen LogP contribution in [0, 0.1) is 0 Å². The summed E-state index contributed by atoms with van der Waals surface area (Å²) in [5.74, 6) is 0. The Labute approximate surface area is 496 Å². The summed E-state index contributed by atoms with van der Waals surface area (Å²) in [6.07, 6.45) is 3.46. The molecule has 0 bridgehead atoms. The standard InChI is InChI=1S/C55H92Br2O24/c1-58-13-15-61-19-20-63-23-24-65-27-28-67-31-32-69-35-36-70-34-33-68-30-29-66-26-25-64-22-21-62-18-17-60-11-3-9-55(53-37-49(56)5-7-51(53)52-8-6-50(57)38-54(52)55)10-4-12-71-39-73-41-75-43-77-45-79-47-81-48-80-46-78-44-76-42-74-40-72-16-14-59-2/h5-8,37-38H,3-4,9-36,39-48H2,1-2H3. The molecule has 0 aromatic heterocycles. The molecule has 1 aliphatic rings. The first-order valence-corrected chi connectivity index (χ1v) is 29.0. The van der Waals surface area contributed by atoms with E-state index in [1.807, 2.05) is 0 Å². The Morgan fingerprint density at radius 3 is 0.741 bits per heavy atom. The van der Waals surface area contributed by atoms with Crippen molar-refractivity contribution in [2.24, 2.45) is 0 Å². The molecular weight excluding hydrogens is 1200 g/mol. The first-order valence-electron chi connectivity index (χ1n) is 27.4. The van der Waals surface area contributed by atoms with E-state index in [4.69, 9.17) is 114 Å². The average Bonchev–Trinajstić information content (AvgIpc) is 2.53. The number of fused-ring (bicyclic) bond motifs is 3. The lowest BCUT2D eigenvalue weighted by Gasteiger charge is -2.33. The highest BCUT2D eigenvalue weighted by Gasteiger charge is 2.42. The van der Waals surface area contributed by atoms with Crippen molar-refractivity contribution in [3.05, 3.63) is 56.5 Å². The van der Waals surface area contributed by atoms with E-state index in [9.17, 15) is 0 Å². The third-order valence-electron chi connectivity index (χ3n) is 11.3. The van der Waals surface area contributed by atoms with Crippen LogP contribution in [0.1, 0.15) is 36.8 Å². The zero-order valence-corrected chi connectivity index (χ0v) is 51.0. The minimum Gasteiger partial charge on any atom is -0.382 e. The first-order chi connectivity index (χ1) is 40.1. The Morgan fingerprint density at radius 1 is 0.259 bits per heavy atom. The number of hydrogen-bond acceptors (Lipinski definition) is 24. The fourth-order valence-corrected chi connectivity index (χ4v) is 8.38. The van der Waals surface area contributed by atoms with E-state index in [-0.39, 0.29) is 73.3 Å². The number of hydrogen-bond donors (Lipinski definition) is 0. The number of benzene rings is 2.